The number of ether oxygens (including phenoxy) is 2. The fraction of sp³-hybridized carbons (Fsp3) is 0.318. The number of carbonyl (C=O) groups excluding carboxylic acids is 3. The van der Waals surface area contributed by atoms with Gasteiger partial charge < -0.3 is 14.4 Å². The number of fused-ring (bicyclic) bond motifs is 2. The van der Waals surface area contributed by atoms with Crippen molar-refractivity contribution in [3.8, 4) is 11.5 Å². The van der Waals surface area contributed by atoms with Crippen molar-refractivity contribution in [2.75, 3.05) is 19.8 Å². The van der Waals surface area contributed by atoms with Crippen molar-refractivity contribution in [3.05, 3.63) is 63.2 Å². The Bertz CT molecular complexity index is 1130. The molecule has 1 unspecified atom stereocenters. The number of rotatable bonds is 6. The monoisotopic (exact) mass is 439 g/mol. The molecule has 32 heavy (non-hydrogen) atoms. The third kappa shape index (κ3) is 3.43. The molecule has 0 spiro atoms. The molecule has 2 aliphatic heterocycles. The van der Waals surface area contributed by atoms with Crippen molar-refractivity contribution in [2.24, 2.45) is 0 Å². The van der Waals surface area contributed by atoms with Gasteiger partial charge in [-0.1, -0.05) is 18.2 Å². The summed E-state index contributed by atoms with van der Waals surface area (Å²) in [6.45, 7) is 4.57. The van der Waals surface area contributed by atoms with Crippen LogP contribution in [0.4, 0.5) is 5.69 Å². The number of hydrogen-bond donors (Lipinski definition) is 0. The van der Waals surface area contributed by atoms with Gasteiger partial charge >= 0.3 is 0 Å². The van der Waals surface area contributed by atoms with Crippen LogP contribution >= 0.6 is 0 Å². The lowest BCUT2D eigenvalue weighted by Crippen LogP contribution is -2.49. The minimum atomic E-state index is -1.14. The first-order valence-corrected chi connectivity index (χ1v) is 10.2. The Hall–Kier alpha value is -3.95. The highest BCUT2D eigenvalue weighted by Gasteiger charge is 2.45. The molecule has 0 aromatic heterocycles. The van der Waals surface area contributed by atoms with Crippen LogP contribution in [0.1, 0.15) is 40.1 Å². The largest absolute Gasteiger partial charge is 0.486 e. The lowest BCUT2D eigenvalue weighted by Gasteiger charge is -2.30. The quantitative estimate of drug-likeness (QED) is 0.385. The van der Waals surface area contributed by atoms with Gasteiger partial charge in [0.25, 0.3) is 17.5 Å². The van der Waals surface area contributed by atoms with Crippen LogP contribution < -0.4 is 9.47 Å². The zero-order valence-corrected chi connectivity index (χ0v) is 17.6. The highest BCUT2D eigenvalue weighted by atomic mass is 16.6. The summed E-state index contributed by atoms with van der Waals surface area (Å²) in [6, 6.07) is 8.12. The summed E-state index contributed by atoms with van der Waals surface area (Å²) in [5.74, 6) is -0.867. The van der Waals surface area contributed by atoms with E-state index >= 15 is 0 Å². The molecule has 1 atom stereocenters. The van der Waals surface area contributed by atoms with Crippen LogP contribution in [0.15, 0.2) is 36.4 Å². The Morgan fingerprint density at radius 3 is 2.59 bits per heavy atom. The van der Waals surface area contributed by atoms with Crippen LogP contribution in [0.2, 0.25) is 0 Å². The molecule has 3 amide bonds. The number of nitro benzene ring substituents is 1. The number of hydrogen-bond acceptors (Lipinski definition) is 7. The maximum absolute atomic E-state index is 13.3. The summed E-state index contributed by atoms with van der Waals surface area (Å²) in [5, 5.41) is 11.3. The molecule has 2 aromatic rings. The predicted molar refractivity (Wildman–Crippen MR) is 112 cm³/mol. The normalized spacial score (nSPS) is 15.4. The average Bonchev–Trinajstić information content (AvgIpc) is 3.06. The first kappa shape index (κ1) is 21.3. The topological polar surface area (TPSA) is 119 Å². The molecule has 10 nitrogen and oxygen atoms in total. The zero-order valence-electron chi connectivity index (χ0n) is 17.6. The van der Waals surface area contributed by atoms with E-state index in [4.69, 9.17) is 9.47 Å². The Morgan fingerprint density at radius 2 is 1.88 bits per heavy atom. The number of imide groups is 1. The predicted octanol–water partition coefficient (Wildman–Crippen LogP) is 2.40. The highest BCUT2D eigenvalue weighted by Crippen LogP contribution is 2.35. The molecule has 2 heterocycles. The summed E-state index contributed by atoms with van der Waals surface area (Å²) in [7, 11) is 0. The van der Waals surface area contributed by atoms with Crippen molar-refractivity contribution in [1.82, 2.24) is 9.80 Å². The van der Waals surface area contributed by atoms with E-state index in [1.165, 1.54) is 30.0 Å². The Labute approximate surface area is 183 Å². The number of para-hydroxylation sites is 1. The Balaban J connectivity index is 1.59. The van der Waals surface area contributed by atoms with Crippen molar-refractivity contribution in [2.45, 2.75) is 26.4 Å². The van der Waals surface area contributed by atoms with E-state index in [1.807, 2.05) is 6.07 Å². The van der Waals surface area contributed by atoms with Gasteiger partial charge in [0.15, 0.2) is 11.5 Å². The van der Waals surface area contributed by atoms with E-state index < -0.39 is 34.4 Å². The number of nitro groups is 1. The smallest absolute Gasteiger partial charge is 0.282 e. The van der Waals surface area contributed by atoms with Gasteiger partial charge in [-0.2, -0.15) is 0 Å². The Kier molecular flexibility index (Phi) is 5.52. The number of amides is 3. The van der Waals surface area contributed by atoms with E-state index in [-0.39, 0.29) is 17.7 Å². The summed E-state index contributed by atoms with van der Waals surface area (Å²) >= 11 is 0. The van der Waals surface area contributed by atoms with E-state index in [0.29, 0.717) is 31.3 Å². The standard InChI is InChI=1S/C22H21N3O7/c1-3-23(12-14-6-4-9-17-19(14)32-11-10-31-17)20(26)13(2)24-21(27)15-7-5-8-16(25(29)30)18(15)22(24)28/h4-9,13H,3,10-12H2,1-2H3. The van der Waals surface area contributed by atoms with Crippen molar-refractivity contribution in [3.63, 3.8) is 0 Å². The van der Waals surface area contributed by atoms with E-state index in [2.05, 4.69) is 0 Å². The number of benzene rings is 2. The summed E-state index contributed by atoms with van der Waals surface area (Å²) in [6.07, 6.45) is 0. The molecule has 0 bridgehead atoms. The molecule has 0 N–H and O–H groups in total. The molecule has 0 aliphatic carbocycles. The second-order valence-electron chi connectivity index (χ2n) is 7.41. The second kappa shape index (κ2) is 8.29. The van der Waals surface area contributed by atoms with Gasteiger partial charge in [0, 0.05) is 24.7 Å². The molecule has 0 fully saturated rings. The zero-order chi connectivity index (χ0) is 23.0. The third-order valence-corrected chi connectivity index (χ3v) is 5.57. The summed E-state index contributed by atoms with van der Waals surface area (Å²) in [5.41, 5.74) is -0.0755. The molecule has 4 rings (SSSR count). The highest BCUT2D eigenvalue weighted by molar-refractivity contribution is 6.24. The van der Waals surface area contributed by atoms with Crippen LogP contribution in [0.25, 0.3) is 0 Å². The second-order valence-corrected chi connectivity index (χ2v) is 7.41. The lowest BCUT2D eigenvalue weighted by atomic mass is 10.1. The minimum Gasteiger partial charge on any atom is -0.486 e. The van der Waals surface area contributed by atoms with E-state index in [1.54, 1.807) is 19.1 Å². The number of likely N-dealkylation sites (N-methyl/N-ethyl adjacent to an activating group) is 1. The average molecular weight is 439 g/mol. The third-order valence-electron chi connectivity index (χ3n) is 5.57. The molecular weight excluding hydrogens is 418 g/mol. The van der Waals surface area contributed by atoms with Gasteiger partial charge in [-0.15, -0.1) is 0 Å². The summed E-state index contributed by atoms with van der Waals surface area (Å²) in [4.78, 5) is 52.0. The molecule has 166 valence electrons. The maximum atomic E-state index is 13.3. The number of nitrogens with zero attached hydrogens (tertiary/aromatic N) is 3. The van der Waals surface area contributed by atoms with Crippen molar-refractivity contribution in [1.29, 1.82) is 0 Å². The van der Waals surface area contributed by atoms with Gasteiger partial charge in [0.2, 0.25) is 5.91 Å². The maximum Gasteiger partial charge on any atom is 0.282 e. The van der Waals surface area contributed by atoms with E-state index in [9.17, 15) is 24.5 Å². The molecule has 10 heteroatoms. The van der Waals surface area contributed by atoms with Crippen molar-refractivity contribution < 1.29 is 28.8 Å². The Morgan fingerprint density at radius 1 is 1.16 bits per heavy atom. The van der Waals surface area contributed by atoms with Crippen LogP contribution in [0, 0.1) is 10.1 Å². The van der Waals surface area contributed by atoms with E-state index in [0.717, 1.165) is 10.5 Å². The lowest BCUT2D eigenvalue weighted by molar-refractivity contribution is -0.385. The van der Waals surface area contributed by atoms with Gasteiger partial charge in [0.05, 0.1) is 10.5 Å². The van der Waals surface area contributed by atoms with Crippen LogP contribution in [-0.4, -0.2) is 58.2 Å². The van der Waals surface area contributed by atoms with Gasteiger partial charge in [-0.3, -0.25) is 29.4 Å². The first-order valence-electron chi connectivity index (χ1n) is 10.2. The van der Waals surface area contributed by atoms with Crippen LogP contribution in [0.5, 0.6) is 11.5 Å². The van der Waals surface area contributed by atoms with Gasteiger partial charge in [-0.05, 0) is 26.0 Å². The van der Waals surface area contributed by atoms with Crippen molar-refractivity contribution >= 4 is 23.4 Å². The van der Waals surface area contributed by atoms with Gasteiger partial charge in [-0.25, -0.2) is 0 Å². The number of carbonyl (C=O) groups is 3. The summed E-state index contributed by atoms with van der Waals surface area (Å²) < 4.78 is 11.3. The SMILES string of the molecule is CCN(Cc1cccc2c1OCCO2)C(=O)C(C)N1C(=O)c2cccc([N+](=O)[O-])c2C1=O. The molecule has 0 saturated carbocycles. The van der Waals surface area contributed by atoms with Crippen LogP contribution in [-0.2, 0) is 11.3 Å². The molecule has 0 saturated heterocycles. The minimum absolute atomic E-state index is 0.0745. The molecule has 0 radical (unpaired) electrons. The van der Waals surface area contributed by atoms with Crippen LogP contribution in [0.3, 0.4) is 0 Å². The fourth-order valence-electron chi connectivity index (χ4n) is 3.97. The molecular formula is C22H21N3O7. The molecule has 2 aromatic carbocycles. The molecule has 2 aliphatic rings. The van der Waals surface area contributed by atoms with Gasteiger partial charge in [0.1, 0.15) is 24.8 Å². The first-order chi connectivity index (χ1) is 15.3. The fourth-order valence-corrected chi connectivity index (χ4v) is 3.97.